The van der Waals surface area contributed by atoms with Crippen molar-refractivity contribution in [3.63, 3.8) is 0 Å². The van der Waals surface area contributed by atoms with Crippen LogP contribution in [0.2, 0.25) is 5.15 Å². The van der Waals surface area contributed by atoms with E-state index in [0.717, 1.165) is 21.0 Å². The van der Waals surface area contributed by atoms with Crippen LogP contribution in [-0.4, -0.2) is 19.6 Å². The minimum Gasteiger partial charge on any atom is -0.280 e. The van der Waals surface area contributed by atoms with E-state index in [0.29, 0.717) is 5.15 Å². The first-order valence-corrected chi connectivity index (χ1v) is 5.36. The van der Waals surface area contributed by atoms with Crippen LogP contribution in [0.25, 0.3) is 16.6 Å². The smallest absolute Gasteiger partial charge is 0.175 e. The molecule has 0 aromatic carbocycles. The molecule has 0 saturated heterocycles. The molecule has 0 N–H and O–H groups in total. The van der Waals surface area contributed by atoms with Crippen molar-refractivity contribution in [2.24, 2.45) is 0 Å². The molecule has 15 heavy (non-hydrogen) atoms. The van der Waals surface area contributed by atoms with Gasteiger partial charge < -0.3 is 0 Å². The highest BCUT2D eigenvalue weighted by Crippen LogP contribution is 2.24. The molecule has 0 bridgehead atoms. The molecular formula is C9H4BrClN4. The monoisotopic (exact) mass is 282 g/mol. The van der Waals surface area contributed by atoms with Crippen LogP contribution >= 0.6 is 27.5 Å². The fourth-order valence-electron chi connectivity index (χ4n) is 1.53. The average Bonchev–Trinajstić information content (AvgIpc) is 2.69. The van der Waals surface area contributed by atoms with Gasteiger partial charge in [-0.05, 0) is 22.0 Å². The minimum absolute atomic E-state index is 0.458. The molecule has 0 atom stereocenters. The van der Waals surface area contributed by atoms with Gasteiger partial charge in [0.2, 0.25) is 0 Å². The van der Waals surface area contributed by atoms with Crippen LogP contribution in [0.1, 0.15) is 0 Å². The summed E-state index contributed by atoms with van der Waals surface area (Å²) in [5, 5.41) is 9.30. The quantitative estimate of drug-likeness (QED) is 0.596. The zero-order valence-electron chi connectivity index (χ0n) is 7.35. The van der Waals surface area contributed by atoms with Crippen molar-refractivity contribution >= 4 is 44.1 Å². The van der Waals surface area contributed by atoms with E-state index < -0.39 is 0 Å². The van der Waals surface area contributed by atoms with E-state index in [1.807, 2.05) is 10.5 Å². The molecule has 0 aliphatic rings. The molecule has 0 amide bonds. The lowest BCUT2D eigenvalue weighted by atomic mass is 10.3. The summed E-state index contributed by atoms with van der Waals surface area (Å²) in [6.07, 6.45) is 3.38. The number of halogens is 2. The first-order valence-electron chi connectivity index (χ1n) is 4.19. The third kappa shape index (κ3) is 1.31. The summed E-state index contributed by atoms with van der Waals surface area (Å²) in [5.41, 5.74) is 1.71. The molecular weight excluding hydrogens is 279 g/mol. The highest BCUT2D eigenvalue weighted by molar-refractivity contribution is 9.10. The maximum Gasteiger partial charge on any atom is 0.175 e. The summed E-state index contributed by atoms with van der Waals surface area (Å²) < 4.78 is 2.75. The van der Waals surface area contributed by atoms with E-state index in [1.165, 1.54) is 0 Å². The van der Waals surface area contributed by atoms with Crippen molar-refractivity contribution in [2.75, 3.05) is 0 Å². The zero-order chi connectivity index (χ0) is 10.4. The molecule has 3 aromatic heterocycles. The molecule has 0 aliphatic heterocycles. The Morgan fingerprint density at radius 1 is 1.33 bits per heavy atom. The van der Waals surface area contributed by atoms with Crippen LogP contribution in [0.4, 0.5) is 0 Å². The van der Waals surface area contributed by atoms with E-state index in [4.69, 9.17) is 11.6 Å². The molecule has 0 aliphatic carbocycles. The van der Waals surface area contributed by atoms with Gasteiger partial charge in [0.15, 0.2) is 5.65 Å². The fourth-order valence-corrected chi connectivity index (χ4v) is 2.19. The van der Waals surface area contributed by atoms with Gasteiger partial charge in [0.1, 0.15) is 11.5 Å². The average molecular weight is 284 g/mol. The summed E-state index contributed by atoms with van der Waals surface area (Å²) in [6.45, 7) is 0. The predicted octanol–water partition coefficient (Wildman–Crippen LogP) is 2.69. The topological polar surface area (TPSA) is 43.1 Å². The lowest BCUT2D eigenvalue weighted by molar-refractivity contribution is 1.11. The summed E-state index contributed by atoms with van der Waals surface area (Å²) >= 11 is 9.28. The molecule has 0 spiro atoms. The maximum absolute atomic E-state index is 5.85. The Bertz CT molecular complexity index is 664. The van der Waals surface area contributed by atoms with Crippen LogP contribution in [0.5, 0.6) is 0 Å². The molecule has 3 rings (SSSR count). The van der Waals surface area contributed by atoms with Crippen LogP contribution in [0, 0.1) is 0 Å². The van der Waals surface area contributed by atoms with Gasteiger partial charge in [-0.2, -0.15) is 0 Å². The number of rotatable bonds is 0. The van der Waals surface area contributed by atoms with E-state index in [2.05, 4.69) is 31.1 Å². The van der Waals surface area contributed by atoms with E-state index in [9.17, 15) is 0 Å². The molecule has 0 unspecified atom stereocenters. The number of fused-ring (bicyclic) bond motifs is 3. The van der Waals surface area contributed by atoms with Crippen molar-refractivity contribution < 1.29 is 0 Å². The predicted molar refractivity (Wildman–Crippen MR) is 61.0 cm³/mol. The van der Waals surface area contributed by atoms with Crippen molar-refractivity contribution in [2.45, 2.75) is 0 Å². The first kappa shape index (κ1) is 9.06. The molecule has 0 fully saturated rings. The Kier molecular flexibility index (Phi) is 1.90. The van der Waals surface area contributed by atoms with Gasteiger partial charge in [-0.15, -0.1) is 10.2 Å². The van der Waals surface area contributed by atoms with Gasteiger partial charge in [0.25, 0.3) is 0 Å². The largest absolute Gasteiger partial charge is 0.280 e. The van der Waals surface area contributed by atoms with Gasteiger partial charge in [-0.25, -0.2) is 4.98 Å². The SMILES string of the molecule is Clc1cc2c(cn1)cc(Br)c1nncn12. The summed E-state index contributed by atoms with van der Waals surface area (Å²) in [5.74, 6) is 0. The second-order valence-electron chi connectivity index (χ2n) is 3.08. The zero-order valence-corrected chi connectivity index (χ0v) is 9.70. The third-order valence-electron chi connectivity index (χ3n) is 2.18. The second-order valence-corrected chi connectivity index (χ2v) is 4.32. The van der Waals surface area contributed by atoms with E-state index in [-0.39, 0.29) is 0 Å². The summed E-state index contributed by atoms with van der Waals surface area (Å²) in [6, 6.07) is 3.74. The summed E-state index contributed by atoms with van der Waals surface area (Å²) in [4.78, 5) is 4.03. The number of aromatic nitrogens is 4. The highest BCUT2D eigenvalue weighted by atomic mass is 79.9. The van der Waals surface area contributed by atoms with E-state index in [1.54, 1.807) is 18.6 Å². The normalized spacial score (nSPS) is 11.3. The van der Waals surface area contributed by atoms with Gasteiger partial charge in [-0.3, -0.25) is 4.40 Å². The van der Waals surface area contributed by atoms with Gasteiger partial charge in [-0.1, -0.05) is 11.6 Å². The van der Waals surface area contributed by atoms with Crippen LogP contribution < -0.4 is 0 Å². The minimum atomic E-state index is 0.458. The van der Waals surface area contributed by atoms with Crippen molar-refractivity contribution in [3.05, 3.63) is 34.3 Å². The van der Waals surface area contributed by atoms with Crippen LogP contribution in [0.15, 0.2) is 29.1 Å². The first-order chi connectivity index (χ1) is 7.25. The lowest BCUT2D eigenvalue weighted by Crippen LogP contribution is -1.89. The van der Waals surface area contributed by atoms with Crippen LogP contribution in [-0.2, 0) is 0 Å². The van der Waals surface area contributed by atoms with Crippen molar-refractivity contribution in [1.82, 2.24) is 19.6 Å². The Labute approximate surface area is 98.0 Å². The Morgan fingerprint density at radius 3 is 3.07 bits per heavy atom. The van der Waals surface area contributed by atoms with Crippen molar-refractivity contribution in [1.29, 1.82) is 0 Å². The number of nitrogens with zero attached hydrogens (tertiary/aromatic N) is 4. The molecule has 3 aromatic rings. The maximum atomic E-state index is 5.85. The van der Waals surface area contributed by atoms with Gasteiger partial charge in [0, 0.05) is 17.6 Å². The molecule has 4 nitrogen and oxygen atoms in total. The molecule has 6 heteroatoms. The Balaban J connectivity index is 2.61. The molecule has 0 saturated carbocycles. The van der Waals surface area contributed by atoms with Gasteiger partial charge >= 0.3 is 0 Å². The number of pyridine rings is 2. The number of hydrogen-bond acceptors (Lipinski definition) is 3. The molecule has 74 valence electrons. The van der Waals surface area contributed by atoms with Crippen molar-refractivity contribution in [3.8, 4) is 0 Å². The second kappa shape index (κ2) is 3.15. The number of hydrogen-bond donors (Lipinski definition) is 0. The molecule has 0 radical (unpaired) electrons. The van der Waals surface area contributed by atoms with E-state index >= 15 is 0 Å². The van der Waals surface area contributed by atoms with Gasteiger partial charge in [0.05, 0.1) is 9.99 Å². The van der Waals surface area contributed by atoms with Crippen LogP contribution in [0.3, 0.4) is 0 Å². The standard InChI is InChI=1S/C9H4BrClN4/c10-6-1-5-3-12-8(11)2-7(5)15-4-13-14-9(6)15/h1-4H. The Hall–Kier alpha value is -1.20. The fraction of sp³-hybridized carbons (Fsp3) is 0. The lowest BCUT2D eigenvalue weighted by Gasteiger charge is -2.02. The summed E-state index contributed by atoms with van der Waals surface area (Å²) in [7, 11) is 0. The highest BCUT2D eigenvalue weighted by Gasteiger charge is 2.06. The molecule has 3 heterocycles. The third-order valence-corrected chi connectivity index (χ3v) is 2.97. The Morgan fingerprint density at radius 2 is 2.20 bits per heavy atom.